The van der Waals surface area contributed by atoms with Crippen LogP contribution >= 0.6 is 0 Å². The molecule has 3 heterocycles. The van der Waals surface area contributed by atoms with E-state index in [0.29, 0.717) is 24.2 Å². The maximum Gasteiger partial charge on any atom is 0.257 e. The SMILES string of the molecule is Cc1nccc(-c2ccccc2)c1C(=O)N1C[C@@H]2C[C@H]1C(=O)N2. The van der Waals surface area contributed by atoms with Gasteiger partial charge in [0.15, 0.2) is 0 Å². The van der Waals surface area contributed by atoms with Crippen LogP contribution in [0.15, 0.2) is 42.6 Å². The normalized spacial score (nSPS) is 22.3. The van der Waals surface area contributed by atoms with Crippen LogP contribution in [-0.4, -0.2) is 40.3 Å². The van der Waals surface area contributed by atoms with Gasteiger partial charge in [-0.15, -0.1) is 0 Å². The number of piperazine rings is 1. The lowest BCUT2D eigenvalue weighted by molar-refractivity contribution is -0.124. The predicted octanol–water partition coefficient (Wildman–Crippen LogP) is 1.77. The average Bonchev–Trinajstić information content (AvgIpc) is 3.14. The smallest absolute Gasteiger partial charge is 0.257 e. The number of carbonyl (C=O) groups excluding carboxylic acids is 2. The standard InChI is InChI=1S/C18H17N3O2/c1-11-16(14(7-8-19-11)12-5-3-2-4-6-12)18(23)21-10-13-9-15(21)17(22)20-13/h2-8,13,15H,9-10H2,1H3,(H,20,22)/t13-,15-/m0/s1. The Bertz CT molecular complexity index is 788. The van der Waals surface area contributed by atoms with Crippen molar-refractivity contribution in [3.05, 3.63) is 53.9 Å². The first-order valence-corrected chi connectivity index (χ1v) is 7.77. The monoisotopic (exact) mass is 307 g/mol. The van der Waals surface area contributed by atoms with Gasteiger partial charge in [0.2, 0.25) is 5.91 Å². The Morgan fingerprint density at radius 1 is 1.26 bits per heavy atom. The molecule has 4 rings (SSSR count). The molecule has 2 aliphatic rings. The number of rotatable bonds is 2. The van der Waals surface area contributed by atoms with E-state index in [0.717, 1.165) is 11.1 Å². The van der Waals surface area contributed by atoms with Crippen LogP contribution in [0.2, 0.25) is 0 Å². The van der Waals surface area contributed by atoms with Gasteiger partial charge in [-0.3, -0.25) is 14.6 Å². The number of nitrogens with one attached hydrogen (secondary N) is 1. The van der Waals surface area contributed by atoms with Crippen LogP contribution in [0.25, 0.3) is 11.1 Å². The summed E-state index contributed by atoms with van der Waals surface area (Å²) in [5.41, 5.74) is 3.14. The number of carbonyl (C=O) groups is 2. The molecule has 0 radical (unpaired) electrons. The van der Waals surface area contributed by atoms with E-state index in [9.17, 15) is 9.59 Å². The van der Waals surface area contributed by atoms with Gasteiger partial charge in [-0.05, 0) is 30.5 Å². The fourth-order valence-electron chi connectivity index (χ4n) is 3.55. The first kappa shape index (κ1) is 13.9. The van der Waals surface area contributed by atoms with E-state index < -0.39 is 0 Å². The van der Waals surface area contributed by atoms with Gasteiger partial charge in [0, 0.05) is 18.8 Å². The van der Waals surface area contributed by atoms with Crippen molar-refractivity contribution >= 4 is 11.8 Å². The molecular formula is C18H17N3O2. The molecule has 2 aromatic rings. The second kappa shape index (κ2) is 5.19. The number of likely N-dealkylation sites (tertiary alicyclic amines) is 1. The molecule has 23 heavy (non-hydrogen) atoms. The molecule has 2 aliphatic heterocycles. The van der Waals surface area contributed by atoms with Crippen LogP contribution in [0, 0.1) is 6.92 Å². The van der Waals surface area contributed by atoms with Crippen molar-refractivity contribution in [3.8, 4) is 11.1 Å². The van der Waals surface area contributed by atoms with Crippen molar-refractivity contribution < 1.29 is 9.59 Å². The van der Waals surface area contributed by atoms with E-state index in [1.54, 1.807) is 11.1 Å². The van der Waals surface area contributed by atoms with Crippen LogP contribution in [0.5, 0.6) is 0 Å². The lowest BCUT2D eigenvalue weighted by atomic mass is 9.98. The van der Waals surface area contributed by atoms with Gasteiger partial charge < -0.3 is 10.2 Å². The Labute approximate surface area is 134 Å². The molecule has 116 valence electrons. The molecule has 2 saturated heterocycles. The zero-order valence-corrected chi connectivity index (χ0v) is 12.8. The zero-order chi connectivity index (χ0) is 16.0. The van der Waals surface area contributed by atoms with Gasteiger partial charge in [-0.25, -0.2) is 0 Å². The summed E-state index contributed by atoms with van der Waals surface area (Å²) in [6, 6.07) is 11.4. The highest BCUT2D eigenvalue weighted by molar-refractivity contribution is 6.04. The van der Waals surface area contributed by atoms with Crippen LogP contribution in [0.4, 0.5) is 0 Å². The Kier molecular flexibility index (Phi) is 3.15. The van der Waals surface area contributed by atoms with E-state index in [1.807, 2.05) is 43.3 Å². The van der Waals surface area contributed by atoms with E-state index in [2.05, 4.69) is 10.3 Å². The third kappa shape index (κ3) is 2.20. The first-order chi connectivity index (χ1) is 11.1. The van der Waals surface area contributed by atoms with Crippen LogP contribution in [0.3, 0.4) is 0 Å². The number of aromatic nitrogens is 1. The zero-order valence-electron chi connectivity index (χ0n) is 12.8. The van der Waals surface area contributed by atoms with E-state index in [1.165, 1.54) is 0 Å². The molecule has 2 fully saturated rings. The van der Waals surface area contributed by atoms with Crippen LogP contribution < -0.4 is 5.32 Å². The molecule has 0 saturated carbocycles. The minimum absolute atomic E-state index is 0.0441. The summed E-state index contributed by atoms with van der Waals surface area (Å²) in [6.07, 6.45) is 2.43. The Balaban J connectivity index is 1.77. The maximum absolute atomic E-state index is 13.1. The second-order valence-corrected chi connectivity index (χ2v) is 6.10. The Morgan fingerprint density at radius 3 is 2.74 bits per heavy atom. The highest BCUT2D eigenvalue weighted by Gasteiger charge is 2.46. The molecule has 5 heteroatoms. The number of benzene rings is 1. The molecule has 2 bridgehead atoms. The lowest BCUT2D eigenvalue weighted by Crippen LogP contribution is -2.50. The molecule has 1 aromatic heterocycles. The van der Waals surface area contributed by atoms with Crippen molar-refractivity contribution in [2.45, 2.75) is 25.4 Å². The summed E-state index contributed by atoms with van der Waals surface area (Å²) in [6.45, 7) is 2.42. The summed E-state index contributed by atoms with van der Waals surface area (Å²) >= 11 is 0. The maximum atomic E-state index is 13.1. The number of fused-ring (bicyclic) bond motifs is 2. The first-order valence-electron chi connectivity index (χ1n) is 7.77. The highest BCUT2D eigenvalue weighted by atomic mass is 16.2. The van der Waals surface area contributed by atoms with Crippen LogP contribution in [-0.2, 0) is 4.79 Å². The average molecular weight is 307 g/mol. The molecule has 2 amide bonds. The third-order valence-corrected chi connectivity index (χ3v) is 4.65. The number of pyridine rings is 1. The third-order valence-electron chi connectivity index (χ3n) is 4.65. The topological polar surface area (TPSA) is 62.3 Å². The summed E-state index contributed by atoms with van der Waals surface area (Å²) in [5.74, 6) is -0.144. The second-order valence-electron chi connectivity index (χ2n) is 6.10. The molecular weight excluding hydrogens is 290 g/mol. The minimum atomic E-state index is -0.337. The van der Waals surface area contributed by atoms with Gasteiger partial charge >= 0.3 is 0 Å². The van der Waals surface area contributed by atoms with Gasteiger partial charge in [0.25, 0.3) is 5.91 Å². The number of nitrogens with zero attached hydrogens (tertiary/aromatic N) is 2. The minimum Gasteiger partial charge on any atom is -0.350 e. The highest BCUT2D eigenvalue weighted by Crippen LogP contribution is 2.31. The lowest BCUT2D eigenvalue weighted by Gasteiger charge is -2.27. The Hall–Kier alpha value is -2.69. The largest absolute Gasteiger partial charge is 0.350 e. The Morgan fingerprint density at radius 2 is 2.04 bits per heavy atom. The summed E-state index contributed by atoms with van der Waals surface area (Å²) in [5, 5.41) is 2.90. The predicted molar refractivity (Wildman–Crippen MR) is 85.8 cm³/mol. The van der Waals surface area contributed by atoms with Crippen molar-refractivity contribution in [3.63, 3.8) is 0 Å². The van der Waals surface area contributed by atoms with Gasteiger partial charge in [0.1, 0.15) is 6.04 Å². The summed E-state index contributed by atoms with van der Waals surface area (Å²) in [7, 11) is 0. The number of hydrogen-bond acceptors (Lipinski definition) is 3. The van der Waals surface area contributed by atoms with Crippen molar-refractivity contribution in [2.75, 3.05) is 6.54 Å². The molecule has 0 unspecified atom stereocenters. The van der Waals surface area contributed by atoms with Crippen molar-refractivity contribution in [1.29, 1.82) is 0 Å². The molecule has 0 spiro atoms. The van der Waals surface area contributed by atoms with Gasteiger partial charge in [0.05, 0.1) is 11.3 Å². The van der Waals surface area contributed by atoms with Crippen molar-refractivity contribution in [2.24, 2.45) is 0 Å². The van der Waals surface area contributed by atoms with Crippen LogP contribution in [0.1, 0.15) is 22.5 Å². The number of hydrogen-bond donors (Lipinski definition) is 1. The van der Waals surface area contributed by atoms with Gasteiger partial charge in [-0.1, -0.05) is 30.3 Å². The molecule has 1 N–H and O–H groups in total. The van der Waals surface area contributed by atoms with E-state index in [-0.39, 0.29) is 23.9 Å². The number of amides is 2. The summed E-state index contributed by atoms with van der Waals surface area (Å²) in [4.78, 5) is 31.0. The molecule has 5 nitrogen and oxygen atoms in total. The van der Waals surface area contributed by atoms with Crippen molar-refractivity contribution in [1.82, 2.24) is 15.2 Å². The van der Waals surface area contributed by atoms with E-state index >= 15 is 0 Å². The number of aryl methyl sites for hydroxylation is 1. The molecule has 2 atom stereocenters. The van der Waals surface area contributed by atoms with E-state index in [4.69, 9.17) is 0 Å². The summed E-state index contributed by atoms with van der Waals surface area (Å²) < 4.78 is 0. The van der Waals surface area contributed by atoms with Gasteiger partial charge in [-0.2, -0.15) is 0 Å². The molecule has 1 aromatic carbocycles. The fourth-order valence-corrected chi connectivity index (χ4v) is 3.55. The molecule has 0 aliphatic carbocycles. The quantitative estimate of drug-likeness (QED) is 0.920. The fraction of sp³-hybridized carbons (Fsp3) is 0.278.